The Labute approximate surface area is 104 Å². The first-order chi connectivity index (χ1) is 8.29. The fourth-order valence-corrected chi connectivity index (χ4v) is 2.58. The summed E-state index contributed by atoms with van der Waals surface area (Å²) < 4.78 is 0. The minimum Gasteiger partial charge on any atom is -0.310 e. The normalized spacial score (nSPS) is 17.3. The van der Waals surface area contributed by atoms with Crippen LogP contribution in [0.4, 0.5) is 0 Å². The molecule has 3 nitrogen and oxygen atoms in total. The van der Waals surface area contributed by atoms with Crippen molar-refractivity contribution in [2.45, 2.75) is 58.4 Å². The third-order valence-electron chi connectivity index (χ3n) is 3.48. The Balaban J connectivity index is 2.12. The number of rotatable bonds is 4. The second kappa shape index (κ2) is 6.10. The zero-order valence-corrected chi connectivity index (χ0v) is 11.0. The van der Waals surface area contributed by atoms with Crippen molar-refractivity contribution in [2.24, 2.45) is 0 Å². The maximum atomic E-state index is 4.72. The first-order valence-electron chi connectivity index (χ1n) is 6.84. The van der Waals surface area contributed by atoms with E-state index in [0.29, 0.717) is 5.92 Å². The molecule has 0 atom stereocenters. The van der Waals surface area contributed by atoms with Crippen molar-refractivity contribution in [1.82, 2.24) is 15.3 Å². The lowest BCUT2D eigenvalue weighted by Gasteiger charge is -2.21. The number of aromatic nitrogens is 2. The molecule has 0 aromatic carbocycles. The van der Waals surface area contributed by atoms with Crippen molar-refractivity contribution in [3.63, 3.8) is 0 Å². The van der Waals surface area contributed by atoms with E-state index < -0.39 is 0 Å². The SMILES string of the molecule is CCNCc1nc(C)cc(C2CCCCC2)n1. The highest BCUT2D eigenvalue weighted by molar-refractivity contribution is 5.15. The van der Waals surface area contributed by atoms with E-state index >= 15 is 0 Å². The second-order valence-corrected chi connectivity index (χ2v) is 4.97. The van der Waals surface area contributed by atoms with Gasteiger partial charge in [0, 0.05) is 17.3 Å². The summed E-state index contributed by atoms with van der Waals surface area (Å²) in [6.45, 7) is 5.94. The Morgan fingerprint density at radius 2 is 2.00 bits per heavy atom. The molecule has 0 radical (unpaired) electrons. The number of nitrogens with one attached hydrogen (secondary N) is 1. The molecule has 1 heterocycles. The predicted octanol–water partition coefficient (Wildman–Crippen LogP) is 2.94. The molecule has 17 heavy (non-hydrogen) atoms. The van der Waals surface area contributed by atoms with Crippen LogP contribution in [0.3, 0.4) is 0 Å². The summed E-state index contributed by atoms with van der Waals surface area (Å²) >= 11 is 0. The van der Waals surface area contributed by atoms with Crippen molar-refractivity contribution >= 4 is 0 Å². The molecule has 1 fully saturated rings. The molecular formula is C14H23N3. The van der Waals surface area contributed by atoms with Gasteiger partial charge >= 0.3 is 0 Å². The van der Waals surface area contributed by atoms with E-state index in [0.717, 1.165) is 24.6 Å². The Morgan fingerprint density at radius 3 is 2.71 bits per heavy atom. The second-order valence-electron chi connectivity index (χ2n) is 4.97. The molecule has 1 N–H and O–H groups in total. The van der Waals surface area contributed by atoms with Crippen molar-refractivity contribution in [1.29, 1.82) is 0 Å². The summed E-state index contributed by atoms with van der Waals surface area (Å²) in [4.78, 5) is 9.21. The highest BCUT2D eigenvalue weighted by Crippen LogP contribution is 2.31. The van der Waals surface area contributed by atoms with Gasteiger partial charge in [0.1, 0.15) is 5.82 Å². The quantitative estimate of drug-likeness (QED) is 0.869. The number of nitrogens with zero attached hydrogens (tertiary/aromatic N) is 2. The van der Waals surface area contributed by atoms with Crippen LogP contribution in [-0.2, 0) is 6.54 Å². The Morgan fingerprint density at radius 1 is 1.24 bits per heavy atom. The van der Waals surface area contributed by atoms with Crippen molar-refractivity contribution in [3.8, 4) is 0 Å². The molecule has 0 saturated heterocycles. The highest BCUT2D eigenvalue weighted by atomic mass is 15.0. The van der Waals surface area contributed by atoms with E-state index in [2.05, 4.69) is 30.2 Å². The maximum Gasteiger partial charge on any atom is 0.142 e. The number of hydrogen-bond donors (Lipinski definition) is 1. The van der Waals surface area contributed by atoms with Gasteiger partial charge in [0.25, 0.3) is 0 Å². The average Bonchev–Trinajstić information content (AvgIpc) is 2.37. The molecule has 0 bridgehead atoms. The molecule has 1 saturated carbocycles. The fourth-order valence-electron chi connectivity index (χ4n) is 2.58. The van der Waals surface area contributed by atoms with Gasteiger partial charge < -0.3 is 5.32 Å². The molecular weight excluding hydrogens is 210 g/mol. The average molecular weight is 233 g/mol. The van der Waals surface area contributed by atoms with Gasteiger partial charge in [-0.1, -0.05) is 26.2 Å². The lowest BCUT2D eigenvalue weighted by atomic mass is 9.86. The third kappa shape index (κ3) is 3.50. The first-order valence-corrected chi connectivity index (χ1v) is 6.84. The number of aryl methyl sites for hydroxylation is 1. The van der Waals surface area contributed by atoms with Crippen molar-refractivity contribution < 1.29 is 0 Å². The van der Waals surface area contributed by atoms with E-state index in [9.17, 15) is 0 Å². The van der Waals surface area contributed by atoms with Gasteiger partial charge in [-0.25, -0.2) is 9.97 Å². The van der Waals surface area contributed by atoms with E-state index in [4.69, 9.17) is 4.98 Å². The Kier molecular flexibility index (Phi) is 4.49. The predicted molar refractivity (Wildman–Crippen MR) is 70.0 cm³/mol. The molecule has 1 aromatic rings. The molecule has 2 rings (SSSR count). The molecule has 0 amide bonds. The van der Waals surface area contributed by atoms with Gasteiger partial charge in [-0.3, -0.25) is 0 Å². The van der Waals surface area contributed by atoms with Crippen LogP contribution in [0.25, 0.3) is 0 Å². The monoisotopic (exact) mass is 233 g/mol. The molecule has 1 aromatic heterocycles. The van der Waals surface area contributed by atoms with Gasteiger partial charge in [-0.15, -0.1) is 0 Å². The first kappa shape index (κ1) is 12.5. The van der Waals surface area contributed by atoms with E-state index in [1.54, 1.807) is 0 Å². The van der Waals surface area contributed by atoms with Crippen LogP contribution < -0.4 is 5.32 Å². The Bertz CT molecular complexity index is 356. The van der Waals surface area contributed by atoms with E-state index in [-0.39, 0.29) is 0 Å². The maximum absolute atomic E-state index is 4.72. The van der Waals surface area contributed by atoms with E-state index in [1.165, 1.54) is 37.8 Å². The smallest absolute Gasteiger partial charge is 0.142 e. The zero-order valence-electron chi connectivity index (χ0n) is 11.0. The van der Waals surface area contributed by atoms with Crippen molar-refractivity contribution in [2.75, 3.05) is 6.54 Å². The summed E-state index contributed by atoms with van der Waals surface area (Å²) in [5.74, 6) is 1.62. The Hall–Kier alpha value is -0.960. The van der Waals surface area contributed by atoms with Gasteiger partial charge in [-0.2, -0.15) is 0 Å². The van der Waals surface area contributed by atoms with Crippen LogP contribution in [0.5, 0.6) is 0 Å². The van der Waals surface area contributed by atoms with Crippen LogP contribution in [0, 0.1) is 6.92 Å². The van der Waals surface area contributed by atoms with Crippen LogP contribution in [-0.4, -0.2) is 16.5 Å². The minimum absolute atomic E-state index is 0.672. The zero-order chi connectivity index (χ0) is 12.1. The van der Waals surface area contributed by atoms with Crippen LogP contribution in [0.1, 0.15) is 62.2 Å². The van der Waals surface area contributed by atoms with Gasteiger partial charge in [0.05, 0.1) is 6.54 Å². The summed E-state index contributed by atoms with van der Waals surface area (Å²) in [6.07, 6.45) is 6.71. The lowest BCUT2D eigenvalue weighted by Crippen LogP contribution is -2.16. The van der Waals surface area contributed by atoms with Gasteiger partial charge in [0.15, 0.2) is 0 Å². The van der Waals surface area contributed by atoms with E-state index in [1.807, 2.05) is 0 Å². The standard InChI is InChI=1S/C14H23N3/c1-3-15-10-14-16-11(2)9-13(17-14)12-7-5-4-6-8-12/h9,12,15H,3-8,10H2,1-2H3. The molecule has 1 aliphatic rings. The lowest BCUT2D eigenvalue weighted by molar-refractivity contribution is 0.434. The summed E-state index contributed by atoms with van der Waals surface area (Å²) in [5, 5.41) is 3.30. The summed E-state index contributed by atoms with van der Waals surface area (Å²) in [6, 6.07) is 2.17. The molecule has 3 heteroatoms. The minimum atomic E-state index is 0.672. The third-order valence-corrected chi connectivity index (χ3v) is 3.48. The molecule has 0 spiro atoms. The molecule has 0 aliphatic heterocycles. The van der Waals surface area contributed by atoms with Crippen LogP contribution >= 0.6 is 0 Å². The van der Waals surface area contributed by atoms with Crippen molar-refractivity contribution in [3.05, 3.63) is 23.3 Å². The summed E-state index contributed by atoms with van der Waals surface area (Å²) in [7, 11) is 0. The largest absolute Gasteiger partial charge is 0.310 e. The van der Waals surface area contributed by atoms with Crippen LogP contribution in [0.15, 0.2) is 6.07 Å². The van der Waals surface area contributed by atoms with Gasteiger partial charge in [-0.05, 0) is 32.4 Å². The van der Waals surface area contributed by atoms with Crippen LogP contribution in [0.2, 0.25) is 0 Å². The summed E-state index contributed by atoms with van der Waals surface area (Å²) in [5.41, 5.74) is 2.37. The molecule has 0 unspecified atom stereocenters. The fraction of sp³-hybridized carbons (Fsp3) is 0.714. The molecule has 94 valence electrons. The topological polar surface area (TPSA) is 37.8 Å². The number of hydrogen-bond acceptors (Lipinski definition) is 3. The van der Waals surface area contributed by atoms with Gasteiger partial charge in [0.2, 0.25) is 0 Å². The molecule has 1 aliphatic carbocycles. The highest BCUT2D eigenvalue weighted by Gasteiger charge is 2.17.